The van der Waals surface area contributed by atoms with Gasteiger partial charge in [0.15, 0.2) is 0 Å². The lowest BCUT2D eigenvalue weighted by Gasteiger charge is -2.19. The van der Waals surface area contributed by atoms with Gasteiger partial charge >= 0.3 is 0 Å². The van der Waals surface area contributed by atoms with E-state index in [-0.39, 0.29) is 11.5 Å². The Morgan fingerprint density at radius 3 is 1.19 bits per heavy atom. The Kier molecular flexibility index (Phi) is 5.23. The van der Waals surface area contributed by atoms with Crippen LogP contribution in [0.4, 0.5) is 0 Å². The van der Waals surface area contributed by atoms with Crippen molar-refractivity contribution >= 4 is 21.5 Å². The lowest BCUT2D eigenvalue weighted by atomic mass is 9.86. The second-order valence-electron chi connectivity index (χ2n) is 9.47. The van der Waals surface area contributed by atoms with Crippen molar-refractivity contribution in [1.82, 2.24) is 0 Å². The summed E-state index contributed by atoms with van der Waals surface area (Å²) in [5.74, 6) is 0.332. The highest BCUT2D eigenvalue weighted by atomic mass is 16.3. The molecule has 0 unspecified atom stereocenters. The first-order valence-electron chi connectivity index (χ1n) is 12.1. The number of rotatable bonds is 3. The molecule has 0 aromatic heterocycles. The van der Waals surface area contributed by atoms with E-state index in [0.717, 1.165) is 54.9 Å². The predicted molar refractivity (Wildman–Crippen MR) is 151 cm³/mol. The standard InChI is InChI=1S/C34H26O2/c1-21-11-15-23(16-12-21)29-19-25-7-3-5-9-27(25)31(33(29)35)32-28-10-6-4-8-26(28)20-30(34(32)36)24-17-13-22(2)14-18-24/h3-20,35-36H,1-2H3. The van der Waals surface area contributed by atoms with Crippen molar-refractivity contribution in [3.8, 4) is 44.9 Å². The molecule has 174 valence electrons. The Bertz CT molecular complexity index is 1610. The largest absolute Gasteiger partial charge is 0.507 e. The third kappa shape index (κ3) is 3.59. The van der Waals surface area contributed by atoms with Crippen LogP contribution in [-0.2, 0) is 0 Å². The van der Waals surface area contributed by atoms with E-state index in [9.17, 15) is 10.2 Å². The third-order valence-corrected chi connectivity index (χ3v) is 7.02. The number of phenolic OH excluding ortho intramolecular Hbond substituents is 2. The van der Waals surface area contributed by atoms with E-state index in [1.807, 2.05) is 72.8 Å². The lowest BCUT2D eigenvalue weighted by Crippen LogP contribution is -1.92. The molecule has 0 radical (unpaired) electrons. The molecule has 36 heavy (non-hydrogen) atoms. The molecule has 0 fully saturated rings. The van der Waals surface area contributed by atoms with E-state index in [2.05, 4.69) is 50.2 Å². The fraction of sp³-hybridized carbons (Fsp3) is 0.0588. The van der Waals surface area contributed by atoms with Gasteiger partial charge in [-0.15, -0.1) is 0 Å². The normalized spacial score (nSPS) is 11.3. The second kappa shape index (κ2) is 8.58. The quantitative estimate of drug-likeness (QED) is 0.273. The number of benzene rings is 6. The zero-order valence-corrected chi connectivity index (χ0v) is 20.3. The first-order chi connectivity index (χ1) is 17.5. The highest BCUT2D eigenvalue weighted by Gasteiger charge is 2.23. The minimum Gasteiger partial charge on any atom is -0.507 e. The fourth-order valence-corrected chi connectivity index (χ4v) is 5.09. The molecule has 6 rings (SSSR count). The Hall–Kier alpha value is -4.56. The van der Waals surface area contributed by atoms with Gasteiger partial charge in [-0.1, -0.05) is 108 Å². The molecule has 2 N–H and O–H groups in total. The van der Waals surface area contributed by atoms with Crippen LogP contribution in [0.3, 0.4) is 0 Å². The molecular weight excluding hydrogens is 440 g/mol. The smallest absolute Gasteiger partial charge is 0.132 e. The first kappa shape index (κ1) is 21.9. The summed E-state index contributed by atoms with van der Waals surface area (Å²) < 4.78 is 0. The monoisotopic (exact) mass is 466 g/mol. The maximum atomic E-state index is 11.8. The second-order valence-corrected chi connectivity index (χ2v) is 9.47. The summed E-state index contributed by atoms with van der Waals surface area (Å²) in [7, 11) is 0. The van der Waals surface area contributed by atoms with Crippen molar-refractivity contribution in [2.24, 2.45) is 0 Å². The molecule has 0 spiro atoms. The van der Waals surface area contributed by atoms with Crippen molar-refractivity contribution in [3.05, 3.63) is 120 Å². The van der Waals surface area contributed by atoms with Crippen LogP contribution >= 0.6 is 0 Å². The van der Waals surface area contributed by atoms with Crippen molar-refractivity contribution < 1.29 is 10.2 Å². The van der Waals surface area contributed by atoms with Crippen LogP contribution in [-0.4, -0.2) is 10.2 Å². The fourth-order valence-electron chi connectivity index (χ4n) is 5.09. The Morgan fingerprint density at radius 1 is 0.444 bits per heavy atom. The topological polar surface area (TPSA) is 40.5 Å². The van der Waals surface area contributed by atoms with Crippen LogP contribution in [0.1, 0.15) is 11.1 Å². The van der Waals surface area contributed by atoms with E-state index in [4.69, 9.17) is 0 Å². The van der Waals surface area contributed by atoms with Gasteiger partial charge in [0.1, 0.15) is 11.5 Å². The molecule has 0 amide bonds. The number of fused-ring (bicyclic) bond motifs is 2. The van der Waals surface area contributed by atoms with Crippen LogP contribution in [0, 0.1) is 13.8 Å². The van der Waals surface area contributed by atoms with E-state index in [1.165, 1.54) is 0 Å². The minimum atomic E-state index is 0.166. The molecule has 0 saturated carbocycles. The Morgan fingerprint density at radius 2 is 0.806 bits per heavy atom. The van der Waals surface area contributed by atoms with Crippen molar-refractivity contribution in [2.75, 3.05) is 0 Å². The van der Waals surface area contributed by atoms with Crippen LogP contribution in [0.2, 0.25) is 0 Å². The molecule has 0 bridgehead atoms. The van der Waals surface area contributed by atoms with E-state index in [0.29, 0.717) is 11.1 Å². The van der Waals surface area contributed by atoms with Crippen LogP contribution < -0.4 is 0 Å². The van der Waals surface area contributed by atoms with Gasteiger partial charge in [-0.25, -0.2) is 0 Å². The first-order valence-corrected chi connectivity index (χ1v) is 12.1. The number of aryl methyl sites for hydroxylation is 2. The van der Waals surface area contributed by atoms with Gasteiger partial charge in [0.2, 0.25) is 0 Å². The maximum absolute atomic E-state index is 11.8. The Labute approximate surface area is 210 Å². The summed E-state index contributed by atoms with van der Waals surface area (Å²) in [5.41, 5.74) is 6.97. The molecule has 0 atom stereocenters. The zero-order chi connectivity index (χ0) is 24.8. The van der Waals surface area contributed by atoms with Gasteiger partial charge in [0.05, 0.1) is 0 Å². The Balaban J connectivity index is 1.75. The van der Waals surface area contributed by atoms with E-state index >= 15 is 0 Å². The molecule has 0 aliphatic heterocycles. The molecule has 6 aromatic rings. The molecule has 6 aromatic carbocycles. The molecule has 0 saturated heterocycles. The number of aromatic hydroxyl groups is 2. The number of hydrogen-bond donors (Lipinski definition) is 2. The average molecular weight is 467 g/mol. The summed E-state index contributed by atoms with van der Waals surface area (Å²) in [6, 6.07) is 36.5. The van der Waals surface area contributed by atoms with Gasteiger partial charge in [0, 0.05) is 22.3 Å². The van der Waals surface area contributed by atoms with Gasteiger partial charge in [-0.3, -0.25) is 0 Å². The number of phenols is 2. The minimum absolute atomic E-state index is 0.166. The van der Waals surface area contributed by atoms with Gasteiger partial charge in [-0.2, -0.15) is 0 Å². The molecule has 2 nitrogen and oxygen atoms in total. The lowest BCUT2D eigenvalue weighted by molar-refractivity contribution is 0.472. The third-order valence-electron chi connectivity index (χ3n) is 7.02. The molecule has 0 heterocycles. The molecule has 0 aliphatic carbocycles. The van der Waals surface area contributed by atoms with Gasteiger partial charge in [0.25, 0.3) is 0 Å². The van der Waals surface area contributed by atoms with Gasteiger partial charge in [-0.05, 0) is 58.7 Å². The van der Waals surface area contributed by atoms with Gasteiger partial charge < -0.3 is 10.2 Å². The number of hydrogen-bond acceptors (Lipinski definition) is 2. The van der Waals surface area contributed by atoms with Crippen LogP contribution in [0.25, 0.3) is 54.9 Å². The maximum Gasteiger partial charge on any atom is 0.132 e. The van der Waals surface area contributed by atoms with E-state index < -0.39 is 0 Å². The van der Waals surface area contributed by atoms with Crippen LogP contribution in [0.15, 0.2) is 109 Å². The van der Waals surface area contributed by atoms with Crippen LogP contribution in [0.5, 0.6) is 11.5 Å². The van der Waals surface area contributed by atoms with Crippen molar-refractivity contribution in [3.63, 3.8) is 0 Å². The molecular formula is C34H26O2. The molecule has 2 heteroatoms. The average Bonchev–Trinajstić information content (AvgIpc) is 2.90. The highest BCUT2D eigenvalue weighted by Crippen LogP contribution is 2.51. The highest BCUT2D eigenvalue weighted by molar-refractivity contribution is 6.13. The SMILES string of the molecule is Cc1ccc(-c2cc3ccccc3c(-c3c(O)c(-c4ccc(C)cc4)cc4ccccc34)c2O)cc1. The summed E-state index contributed by atoms with van der Waals surface area (Å²) in [6.45, 7) is 4.10. The zero-order valence-electron chi connectivity index (χ0n) is 20.3. The molecule has 0 aliphatic rings. The summed E-state index contributed by atoms with van der Waals surface area (Å²) in [4.78, 5) is 0. The van der Waals surface area contributed by atoms with E-state index in [1.54, 1.807) is 0 Å². The summed E-state index contributed by atoms with van der Waals surface area (Å²) in [5, 5.41) is 27.5. The van der Waals surface area contributed by atoms with Crippen molar-refractivity contribution in [1.29, 1.82) is 0 Å². The summed E-state index contributed by atoms with van der Waals surface area (Å²) in [6.07, 6.45) is 0. The summed E-state index contributed by atoms with van der Waals surface area (Å²) >= 11 is 0. The van der Waals surface area contributed by atoms with Crippen molar-refractivity contribution in [2.45, 2.75) is 13.8 Å². The predicted octanol–water partition coefficient (Wildman–Crippen LogP) is 9.02.